The van der Waals surface area contributed by atoms with Gasteiger partial charge in [-0.3, -0.25) is 9.59 Å². The first-order chi connectivity index (χ1) is 9.11. The predicted molar refractivity (Wildman–Crippen MR) is 74.5 cm³/mol. The van der Waals surface area contributed by atoms with E-state index in [0.717, 1.165) is 0 Å². The van der Waals surface area contributed by atoms with Gasteiger partial charge in [-0.1, -0.05) is 18.3 Å². The SMILES string of the molecule is COC(=O)C(C)CSCc1cc(=O)n2ncsc2n1. The quantitative estimate of drug-likeness (QED) is 0.772. The van der Waals surface area contributed by atoms with Gasteiger partial charge in [0.1, 0.15) is 5.51 Å². The third kappa shape index (κ3) is 3.32. The van der Waals surface area contributed by atoms with Crippen LogP contribution in [0.5, 0.6) is 0 Å². The summed E-state index contributed by atoms with van der Waals surface area (Å²) in [4.78, 5) is 27.9. The van der Waals surface area contributed by atoms with Crippen LogP contribution in [-0.2, 0) is 15.3 Å². The van der Waals surface area contributed by atoms with Crippen LogP contribution in [0.2, 0.25) is 0 Å². The van der Waals surface area contributed by atoms with Gasteiger partial charge in [-0.05, 0) is 0 Å². The average Bonchev–Trinajstić information content (AvgIpc) is 2.86. The number of hydrogen-bond acceptors (Lipinski definition) is 7. The van der Waals surface area contributed by atoms with Crippen LogP contribution >= 0.6 is 23.1 Å². The van der Waals surface area contributed by atoms with E-state index in [-0.39, 0.29) is 17.4 Å². The Morgan fingerprint density at radius 1 is 1.63 bits per heavy atom. The van der Waals surface area contributed by atoms with E-state index in [1.807, 2.05) is 6.92 Å². The summed E-state index contributed by atoms with van der Waals surface area (Å²) >= 11 is 2.87. The maximum Gasteiger partial charge on any atom is 0.309 e. The van der Waals surface area contributed by atoms with E-state index in [1.54, 1.807) is 17.3 Å². The van der Waals surface area contributed by atoms with Crippen molar-refractivity contribution in [3.8, 4) is 0 Å². The molecule has 0 N–H and O–H groups in total. The summed E-state index contributed by atoms with van der Waals surface area (Å²) in [6, 6.07) is 1.47. The average molecular weight is 299 g/mol. The molecule has 0 fully saturated rings. The zero-order chi connectivity index (χ0) is 13.8. The number of rotatable bonds is 5. The summed E-state index contributed by atoms with van der Waals surface area (Å²) in [5, 5.41) is 3.89. The minimum absolute atomic E-state index is 0.164. The van der Waals surface area contributed by atoms with Gasteiger partial charge in [0.2, 0.25) is 4.96 Å². The molecule has 102 valence electrons. The van der Waals surface area contributed by atoms with Crippen molar-refractivity contribution in [1.82, 2.24) is 14.6 Å². The van der Waals surface area contributed by atoms with Gasteiger partial charge in [0, 0.05) is 17.6 Å². The minimum Gasteiger partial charge on any atom is -0.469 e. The second-order valence-corrected chi connectivity index (χ2v) is 5.80. The Labute approximate surface area is 117 Å². The zero-order valence-corrected chi connectivity index (χ0v) is 12.2. The molecule has 2 aromatic heterocycles. The maximum absolute atomic E-state index is 11.7. The highest BCUT2D eigenvalue weighted by molar-refractivity contribution is 7.98. The third-order valence-electron chi connectivity index (χ3n) is 2.46. The van der Waals surface area contributed by atoms with E-state index in [1.165, 1.54) is 29.0 Å². The first-order valence-corrected chi connectivity index (χ1v) is 7.63. The molecular formula is C11H13N3O3S2. The molecule has 1 unspecified atom stereocenters. The molecule has 0 amide bonds. The lowest BCUT2D eigenvalue weighted by molar-refractivity contribution is -0.143. The van der Waals surface area contributed by atoms with Crippen LogP contribution in [0.4, 0.5) is 0 Å². The Hall–Kier alpha value is -1.41. The van der Waals surface area contributed by atoms with E-state index in [0.29, 0.717) is 22.2 Å². The van der Waals surface area contributed by atoms with Crippen molar-refractivity contribution < 1.29 is 9.53 Å². The highest BCUT2D eigenvalue weighted by Gasteiger charge is 2.13. The second-order valence-electron chi connectivity index (χ2n) is 3.96. The van der Waals surface area contributed by atoms with Crippen LogP contribution in [-0.4, -0.2) is 33.4 Å². The van der Waals surface area contributed by atoms with E-state index in [9.17, 15) is 9.59 Å². The van der Waals surface area contributed by atoms with Crippen LogP contribution in [0, 0.1) is 5.92 Å². The fourth-order valence-corrected chi connectivity index (χ4v) is 3.09. The molecule has 1 atom stereocenters. The molecule has 8 heteroatoms. The van der Waals surface area contributed by atoms with Gasteiger partial charge in [0.25, 0.3) is 5.56 Å². The summed E-state index contributed by atoms with van der Waals surface area (Å²) in [5.41, 5.74) is 2.11. The molecule has 0 aromatic carbocycles. The topological polar surface area (TPSA) is 73.6 Å². The normalized spacial score (nSPS) is 12.5. The second kappa shape index (κ2) is 6.16. The van der Waals surface area contributed by atoms with E-state index >= 15 is 0 Å². The fourth-order valence-electron chi connectivity index (χ4n) is 1.48. The number of nitrogens with zero attached hydrogens (tertiary/aromatic N) is 3. The lowest BCUT2D eigenvalue weighted by Gasteiger charge is -2.07. The Bertz CT molecular complexity index is 637. The van der Waals surface area contributed by atoms with Gasteiger partial charge in [0.15, 0.2) is 0 Å². The predicted octanol–water partition coefficient (Wildman–Crippen LogP) is 1.19. The smallest absolute Gasteiger partial charge is 0.309 e. The van der Waals surface area contributed by atoms with Crippen molar-refractivity contribution in [3.63, 3.8) is 0 Å². The van der Waals surface area contributed by atoms with Crippen LogP contribution in [0.1, 0.15) is 12.6 Å². The molecule has 0 aliphatic carbocycles. The number of carbonyl (C=O) groups excluding carboxylic acids is 1. The molecular weight excluding hydrogens is 286 g/mol. The number of fused-ring (bicyclic) bond motifs is 1. The molecule has 0 spiro atoms. The number of thioether (sulfide) groups is 1. The first kappa shape index (κ1) is 14.0. The molecule has 2 heterocycles. The summed E-state index contributed by atoms with van der Waals surface area (Å²) in [5.74, 6) is 0.836. The highest BCUT2D eigenvalue weighted by atomic mass is 32.2. The van der Waals surface area contributed by atoms with Gasteiger partial charge >= 0.3 is 5.97 Å². The monoisotopic (exact) mass is 299 g/mol. The number of carbonyl (C=O) groups is 1. The Kier molecular flexibility index (Phi) is 4.54. The molecule has 0 bridgehead atoms. The lowest BCUT2D eigenvalue weighted by atomic mass is 10.2. The molecule has 0 aliphatic heterocycles. The van der Waals surface area contributed by atoms with E-state index in [4.69, 9.17) is 0 Å². The maximum atomic E-state index is 11.7. The van der Waals surface area contributed by atoms with Gasteiger partial charge in [-0.15, -0.1) is 0 Å². The van der Waals surface area contributed by atoms with Crippen molar-refractivity contribution in [2.45, 2.75) is 12.7 Å². The van der Waals surface area contributed by atoms with E-state index in [2.05, 4.69) is 14.8 Å². The molecule has 0 radical (unpaired) electrons. The van der Waals surface area contributed by atoms with Crippen LogP contribution in [0.25, 0.3) is 4.96 Å². The van der Waals surface area contributed by atoms with Gasteiger partial charge in [-0.2, -0.15) is 21.4 Å². The van der Waals surface area contributed by atoms with Crippen LogP contribution in [0.3, 0.4) is 0 Å². The van der Waals surface area contributed by atoms with Crippen LogP contribution in [0.15, 0.2) is 16.4 Å². The number of hydrogen-bond donors (Lipinski definition) is 0. The fraction of sp³-hybridized carbons (Fsp3) is 0.455. The van der Waals surface area contributed by atoms with Gasteiger partial charge < -0.3 is 4.74 Å². The molecule has 0 saturated carbocycles. The number of esters is 1. The molecule has 2 aromatic rings. The summed E-state index contributed by atoms with van der Waals surface area (Å²) < 4.78 is 5.93. The minimum atomic E-state index is -0.224. The molecule has 6 nitrogen and oxygen atoms in total. The van der Waals surface area contributed by atoms with Gasteiger partial charge in [-0.25, -0.2) is 4.98 Å². The lowest BCUT2D eigenvalue weighted by Crippen LogP contribution is -2.16. The van der Waals surface area contributed by atoms with Crippen molar-refractivity contribution in [1.29, 1.82) is 0 Å². The standard InChI is InChI=1S/C11H13N3O3S2/c1-7(10(16)17-2)4-18-5-8-3-9(15)14-11(13-8)19-6-12-14/h3,6-7H,4-5H2,1-2H3. The number of methoxy groups -OCH3 is 1. The van der Waals surface area contributed by atoms with Crippen molar-refractivity contribution >= 4 is 34.0 Å². The third-order valence-corrected chi connectivity index (χ3v) is 4.37. The summed E-state index contributed by atoms with van der Waals surface area (Å²) in [7, 11) is 1.38. The molecule has 2 rings (SSSR count). The highest BCUT2D eigenvalue weighted by Crippen LogP contribution is 2.15. The van der Waals surface area contributed by atoms with E-state index < -0.39 is 0 Å². The Morgan fingerprint density at radius 3 is 3.16 bits per heavy atom. The zero-order valence-electron chi connectivity index (χ0n) is 10.5. The first-order valence-electron chi connectivity index (χ1n) is 5.60. The van der Waals surface area contributed by atoms with Crippen molar-refractivity contribution in [3.05, 3.63) is 27.6 Å². The summed E-state index contributed by atoms with van der Waals surface area (Å²) in [6.45, 7) is 1.81. The Morgan fingerprint density at radius 2 is 2.42 bits per heavy atom. The Balaban J connectivity index is 1.98. The molecule has 0 aliphatic rings. The molecule has 0 saturated heterocycles. The number of ether oxygens (including phenoxy) is 1. The van der Waals surface area contributed by atoms with Crippen molar-refractivity contribution in [2.24, 2.45) is 5.92 Å². The largest absolute Gasteiger partial charge is 0.469 e. The van der Waals surface area contributed by atoms with Crippen molar-refractivity contribution in [2.75, 3.05) is 12.9 Å². The van der Waals surface area contributed by atoms with Gasteiger partial charge in [0.05, 0.1) is 18.7 Å². The number of aromatic nitrogens is 3. The molecule has 19 heavy (non-hydrogen) atoms. The summed E-state index contributed by atoms with van der Waals surface area (Å²) in [6.07, 6.45) is 0. The van der Waals surface area contributed by atoms with Crippen LogP contribution < -0.4 is 5.56 Å².